The summed E-state index contributed by atoms with van der Waals surface area (Å²) in [7, 11) is 0. The number of anilines is 1. The van der Waals surface area contributed by atoms with Gasteiger partial charge in [-0.3, -0.25) is 4.79 Å². The van der Waals surface area contributed by atoms with Crippen molar-refractivity contribution in [2.45, 2.75) is 90.9 Å². The number of hydrogen-bond acceptors (Lipinski definition) is 5. The Morgan fingerprint density at radius 2 is 1.94 bits per heavy atom. The lowest BCUT2D eigenvalue weighted by Crippen LogP contribution is -2.44. The first-order valence-electron chi connectivity index (χ1n) is 13.0. The van der Waals surface area contributed by atoms with Crippen LogP contribution in [-0.4, -0.2) is 45.6 Å². The van der Waals surface area contributed by atoms with Crippen molar-refractivity contribution in [2.75, 3.05) is 18.4 Å². The average molecular weight is 503 g/mol. The molecule has 0 saturated carbocycles. The number of aromatic nitrogens is 2. The highest BCUT2D eigenvalue weighted by molar-refractivity contribution is 5.93. The number of carbonyl (C=O) groups is 1. The van der Waals surface area contributed by atoms with Gasteiger partial charge in [-0.2, -0.15) is 0 Å². The molecule has 4 atom stereocenters. The highest BCUT2D eigenvalue weighted by atomic mass is 19.1. The van der Waals surface area contributed by atoms with Gasteiger partial charge >= 0.3 is 0 Å². The SMILES string of the molecule is CCC[C@H](NN1[C@H]2CCc3cc(F)cc(F)c3[C@@H]21)C(=O)Nc1cn(C(C)(C)CNCC(C)(C)C)cn1. The Hall–Kier alpha value is -2.36. The number of halogens is 2. The van der Waals surface area contributed by atoms with Crippen molar-refractivity contribution in [1.82, 2.24) is 25.3 Å². The van der Waals surface area contributed by atoms with Gasteiger partial charge in [0.2, 0.25) is 5.91 Å². The van der Waals surface area contributed by atoms with Crippen molar-refractivity contribution in [1.29, 1.82) is 0 Å². The fourth-order valence-electron chi connectivity index (χ4n) is 5.05. The molecule has 2 aromatic rings. The average Bonchev–Trinajstić information content (AvgIpc) is 3.23. The second kappa shape index (κ2) is 10.2. The summed E-state index contributed by atoms with van der Waals surface area (Å²) in [6.07, 6.45) is 6.48. The number of aryl methyl sites for hydroxylation is 1. The number of benzene rings is 1. The molecule has 0 radical (unpaired) electrons. The van der Waals surface area contributed by atoms with Crippen molar-refractivity contribution in [3.05, 3.63) is 47.4 Å². The molecular formula is C27H40F2N6O. The molecule has 1 aromatic heterocycles. The van der Waals surface area contributed by atoms with Crippen molar-refractivity contribution in [3.8, 4) is 0 Å². The van der Waals surface area contributed by atoms with Crippen LogP contribution in [0, 0.1) is 17.0 Å². The zero-order valence-electron chi connectivity index (χ0n) is 22.3. The summed E-state index contributed by atoms with van der Waals surface area (Å²) in [5.74, 6) is -0.720. The van der Waals surface area contributed by atoms with E-state index in [2.05, 4.69) is 55.7 Å². The van der Waals surface area contributed by atoms with E-state index in [1.165, 1.54) is 6.07 Å². The summed E-state index contributed by atoms with van der Waals surface area (Å²) in [5.41, 5.74) is 4.59. The fourth-order valence-corrected chi connectivity index (χ4v) is 5.05. The smallest absolute Gasteiger partial charge is 0.244 e. The maximum atomic E-state index is 14.6. The topological polar surface area (TPSA) is 74.0 Å². The van der Waals surface area contributed by atoms with Crippen LogP contribution in [0.5, 0.6) is 0 Å². The minimum absolute atomic E-state index is 0.116. The summed E-state index contributed by atoms with van der Waals surface area (Å²) >= 11 is 0. The lowest BCUT2D eigenvalue weighted by Gasteiger charge is -2.29. The molecular weight excluding hydrogens is 462 g/mol. The van der Waals surface area contributed by atoms with Gasteiger partial charge in [-0.25, -0.2) is 24.2 Å². The lowest BCUT2D eigenvalue weighted by molar-refractivity contribution is -0.119. The Bertz CT molecular complexity index is 1090. The molecule has 1 aliphatic carbocycles. The van der Waals surface area contributed by atoms with Gasteiger partial charge in [0, 0.05) is 37.0 Å². The van der Waals surface area contributed by atoms with E-state index in [1.54, 1.807) is 6.33 Å². The first kappa shape index (κ1) is 26.7. The number of fused-ring (bicyclic) bond motifs is 3. The fraction of sp³-hybridized carbons (Fsp3) is 0.630. The van der Waals surface area contributed by atoms with Crippen molar-refractivity contribution >= 4 is 11.7 Å². The number of rotatable bonds is 10. The number of hydrogen-bond donors (Lipinski definition) is 3. The third-order valence-electron chi connectivity index (χ3n) is 7.06. The number of imidazole rings is 1. The minimum Gasteiger partial charge on any atom is -0.328 e. The molecule has 7 nitrogen and oxygen atoms in total. The third-order valence-corrected chi connectivity index (χ3v) is 7.06. The number of hydrazine groups is 1. The number of carbonyl (C=O) groups excluding carboxylic acids is 1. The van der Waals surface area contributed by atoms with Gasteiger partial charge in [0.1, 0.15) is 17.7 Å². The van der Waals surface area contributed by atoms with Crippen LogP contribution < -0.4 is 16.1 Å². The lowest BCUT2D eigenvalue weighted by atomic mass is 9.91. The molecule has 2 heterocycles. The van der Waals surface area contributed by atoms with Crippen molar-refractivity contribution in [2.24, 2.45) is 5.41 Å². The summed E-state index contributed by atoms with van der Waals surface area (Å²) < 4.78 is 30.2. The van der Waals surface area contributed by atoms with Crippen LogP contribution in [0.4, 0.5) is 14.6 Å². The predicted octanol–water partition coefficient (Wildman–Crippen LogP) is 4.52. The maximum absolute atomic E-state index is 14.6. The molecule has 0 spiro atoms. The highest BCUT2D eigenvalue weighted by Crippen LogP contribution is 2.50. The van der Waals surface area contributed by atoms with Crippen LogP contribution in [0.15, 0.2) is 24.7 Å². The molecule has 3 N–H and O–H groups in total. The number of amides is 1. The second-order valence-corrected chi connectivity index (χ2v) is 12.0. The van der Waals surface area contributed by atoms with Crippen molar-refractivity contribution in [3.63, 3.8) is 0 Å². The van der Waals surface area contributed by atoms with Crippen LogP contribution in [0.2, 0.25) is 0 Å². The Balaban J connectivity index is 1.38. The standard InChI is InChI=1S/C27H40F2N6O/c1-7-8-20(33-35-21-10-9-17-11-18(28)12-19(29)23(17)24(21)35)25(36)32-22-13-34(16-31-22)27(5,6)15-30-14-26(2,3)4/h11-13,16,20-21,24,30,33H,7-10,14-15H2,1-6H3,(H,32,36)/t20-,21-,24+,35?/m0/s1. The van der Waals surface area contributed by atoms with Gasteiger partial charge in [-0.15, -0.1) is 0 Å². The second-order valence-electron chi connectivity index (χ2n) is 12.0. The van der Waals surface area contributed by atoms with Crippen molar-refractivity contribution < 1.29 is 13.6 Å². The minimum atomic E-state index is -0.541. The number of nitrogens with zero attached hydrogens (tertiary/aromatic N) is 3. The van der Waals surface area contributed by atoms with E-state index in [4.69, 9.17) is 0 Å². The first-order valence-corrected chi connectivity index (χ1v) is 13.0. The predicted molar refractivity (Wildman–Crippen MR) is 137 cm³/mol. The molecule has 1 aromatic carbocycles. The molecule has 1 unspecified atom stereocenters. The number of nitrogens with one attached hydrogen (secondary N) is 3. The van der Waals surface area contributed by atoms with E-state index < -0.39 is 17.7 Å². The Labute approximate surface area is 213 Å². The quantitative estimate of drug-likeness (QED) is 0.417. The zero-order chi connectivity index (χ0) is 26.3. The van der Waals surface area contributed by atoms with E-state index in [1.807, 2.05) is 22.7 Å². The van der Waals surface area contributed by atoms with E-state index in [9.17, 15) is 13.6 Å². The van der Waals surface area contributed by atoms with Gasteiger partial charge in [0.25, 0.3) is 0 Å². The maximum Gasteiger partial charge on any atom is 0.244 e. The van der Waals surface area contributed by atoms with Crippen LogP contribution in [-0.2, 0) is 16.8 Å². The molecule has 1 saturated heterocycles. The zero-order valence-corrected chi connectivity index (χ0v) is 22.3. The van der Waals surface area contributed by atoms with E-state index in [0.29, 0.717) is 24.2 Å². The van der Waals surface area contributed by atoms with Gasteiger partial charge in [-0.1, -0.05) is 34.1 Å². The molecule has 2 aliphatic rings. The summed E-state index contributed by atoms with van der Waals surface area (Å²) in [4.78, 5) is 17.6. The Morgan fingerprint density at radius 1 is 1.19 bits per heavy atom. The molecule has 36 heavy (non-hydrogen) atoms. The van der Waals surface area contributed by atoms with Gasteiger partial charge in [-0.05, 0) is 50.2 Å². The largest absolute Gasteiger partial charge is 0.328 e. The summed E-state index contributed by atoms with van der Waals surface area (Å²) in [6.45, 7) is 14.5. The van der Waals surface area contributed by atoms with Crippen LogP contribution >= 0.6 is 0 Å². The van der Waals surface area contributed by atoms with E-state index in [-0.39, 0.29) is 28.9 Å². The third kappa shape index (κ3) is 5.95. The molecule has 198 valence electrons. The molecule has 0 bridgehead atoms. The summed E-state index contributed by atoms with van der Waals surface area (Å²) in [6, 6.07) is 1.86. The Kier molecular flexibility index (Phi) is 7.55. The van der Waals surface area contributed by atoms with E-state index >= 15 is 0 Å². The summed E-state index contributed by atoms with van der Waals surface area (Å²) in [5, 5.41) is 8.42. The van der Waals surface area contributed by atoms with Gasteiger partial charge < -0.3 is 15.2 Å². The monoisotopic (exact) mass is 502 g/mol. The molecule has 1 aliphatic heterocycles. The Morgan fingerprint density at radius 3 is 2.64 bits per heavy atom. The van der Waals surface area contributed by atoms with Crippen LogP contribution in [0.3, 0.4) is 0 Å². The van der Waals surface area contributed by atoms with Crippen LogP contribution in [0.1, 0.15) is 78.0 Å². The van der Waals surface area contributed by atoms with Crippen LogP contribution in [0.25, 0.3) is 0 Å². The molecule has 4 rings (SSSR count). The highest BCUT2D eigenvalue weighted by Gasteiger charge is 2.53. The van der Waals surface area contributed by atoms with E-state index in [0.717, 1.165) is 37.6 Å². The molecule has 9 heteroatoms. The first-order chi connectivity index (χ1) is 16.9. The normalized spacial score (nSPS) is 22.1. The van der Waals surface area contributed by atoms with Gasteiger partial charge in [0.05, 0.1) is 17.9 Å². The molecule has 1 amide bonds. The van der Waals surface area contributed by atoms with Gasteiger partial charge in [0.15, 0.2) is 5.82 Å². The molecule has 1 fully saturated rings.